The summed E-state index contributed by atoms with van der Waals surface area (Å²) in [5, 5.41) is 13.5. The molecule has 0 amide bonds. The van der Waals surface area contributed by atoms with E-state index in [1.807, 2.05) is 16.9 Å². The fraction of sp³-hybridized carbons (Fsp3) is 0.727. The van der Waals surface area contributed by atoms with Gasteiger partial charge in [-0.1, -0.05) is 6.92 Å². The number of nitrogens with zero attached hydrogens (tertiary/aromatic N) is 3. The van der Waals surface area contributed by atoms with Gasteiger partial charge in [0, 0.05) is 25.0 Å². The minimum absolute atomic E-state index is 0.278. The predicted octanol–water partition coefficient (Wildman–Crippen LogP) is 0.586. The van der Waals surface area contributed by atoms with Crippen molar-refractivity contribution in [1.82, 2.24) is 14.7 Å². The summed E-state index contributed by atoms with van der Waals surface area (Å²) in [6, 6.07) is 2.29. The molecule has 0 bridgehead atoms. The third-order valence-corrected chi connectivity index (χ3v) is 3.36. The maximum atomic E-state index is 9.30. The van der Waals surface area contributed by atoms with Gasteiger partial charge >= 0.3 is 0 Å². The number of aliphatic hydroxyl groups is 1. The van der Waals surface area contributed by atoms with Crippen LogP contribution in [0.2, 0.25) is 0 Å². The Morgan fingerprint density at radius 3 is 3.00 bits per heavy atom. The number of hydrogen-bond donors (Lipinski definition) is 1. The molecule has 2 atom stereocenters. The Hall–Kier alpha value is -0.870. The normalized spacial score (nSPS) is 27.3. The van der Waals surface area contributed by atoms with Gasteiger partial charge in [0.15, 0.2) is 0 Å². The molecule has 2 heterocycles. The van der Waals surface area contributed by atoms with Crippen LogP contribution in [0.25, 0.3) is 0 Å². The third kappa shape index (κ3) is 2.38. The molecular weight excluding hydrogens is 190 g/mol. The van der Waals surface area contributed by atoms with Crippen LogP contribution in [0.1, 0.15) is 13.3 Å². The van der Waals surface area contributed by atoms with Crippen LogP contribution < -0.4 is 0 Å². The summed E-state index contributed by atoms with van der Waals surface area (Å²) >= 11 is 0. The Balaban J connectivity index is 1.84. The highest BCUT2D eigenvalue weighted by Gasteiger charge is 2.29. The highest BCUT2D eigenvalue weighted by Crippen LogP contribution is 2.22. The van der Waals surface area contributed by atoms with E-state index in [2.05, 4.69) is 16.9 Å². The summed E-state index contributed by atoms with van der Waals surface area (Å²) in [7, 11) is 0. The molecule has 2 rings (SSSR count). The summed E-state index contributed by atoms with van der Waals surface area (Å²) in [5.41, 5.74) is 0. The molecule has 1 fully saturated rings. The second-order valence-corrected chi connectivity index (χ2v) is 4.32. The van der Waals surface area contributed by atoms with Crippen molar-refractivity contribution in [1.29, 1.82) is 0 Å². The number of likely N-dealkylation sites (tertiary alicyclic amines) is 1. The Morgan fingerprint density at radius 2 is 2.33 bits per heavy atom. The lowest BCUT2D eigenvalue weighted by molar-refractivity contribution is 0.135. The van der Waals surface area contributed by atoms with Crippen molar-refractivity contribution in [2.24, 2.45) is 5.92 Å². The second kappa shape index (κ2) is 4.77. The largest absolute Gasteiger partial charge is 0.395 e. The van der Waals surface area contributed by atoms with Gasteiger partial charge in [0.25, 0.3) is 0 Å². The summed E-state index contributed by atoms with van der Waals surface area (Å²) < 4.78 is 1.94. The first-order chi connectivity index (χ1) is 7.31. The van der Waals surface area contributed by atoms with Crippen LogP contribution in [0, 0.1) is 5.92 Å². The SMILES string of the molecule is CC1CCN(CCn2cccn2)C1CO. The molecule has 4 nitrogen and oxygen atoms in total. The lowest BCUT2D eigenvalue weighted by Crippen LogP contribution is -2.37. The first-order valence-corrected chi connectivity index (χ1v) is 5.63. The smallest absolute Gasteiger partial charge is 0.0589 e. The minimum atomic E-state index is 0.278. The molecule has 4 heteroatoms. The zero-order chi connectivity index (χ0) is 10.7. The van der Waals surface area contributed by atoms with E-state index in [1.54, 1.807) is 6.20 Å². The molecule has 0 aliphatic carbocycles. The van der Waals surface area contributed by atoms with Crippen molar-refractivity contribution in [2.45, 2.75) is 25.9 Å². The van der Waals surface area contributed by atoms with E-state index in [1.165, 1.54) is 6.42 Å². The van der Waals surface area contributed by atoms with Gasteiger partial charge in [-0.05, 0) is 24.9 Å². The Bertz CT molecular complexity index is 286. The topological polar surface area (TPSA) is 41.3 Å². The Morgan fingerprint density at radius 1 is 1.47 bits per heavy atom. The number of aromatic nitrogens is 2. The lowest BCUT2D eigenvalue weighted by Gasteiger charge is -2.24. The average Bonchev–Trinajstić information content (AvgIpc) is 2.84. The average molecular weight is 209 g/mol. The van der Waals surface area contributed by atoms with E-state index < -0.39 is 0 Å². The molecule has 1 N–H and O–H groups in total. The van der Waals surface area contributed by atoms with Crippen molar-refractivity contribution >= 4 is 0 Å². The molecule has 0 spiro atoms. The van der Waals surface area contributed by atoms with Crippen molar-refractivity contribution in [3.05, 3.63) is 18.5 Å². The molecular formula is C11H19N3O. The molecule has 1 aliphatic heterocycles. The summed E-state index contributed by atoms with van der Waals surface area (Å²) in [6.45, 7) is 5.50. The number of aliphatic hydroxyl groups excluding tert-OH is 1. The van der Waals surface area contributed by atoms with Crippen LogP contribution in [-0.4, -0.2) is 45.5 Å². The molecule has 0 saturated carbocycles. The zero-order valence-electron chi connectivity index (χ0n) is 9.21. The fourth-order valence-electron chi connectivity index (χ4n) is 2.32. The van der Waals surface area contributed by atoms with Crippen LogP contribution in [0.4, 0.5) is 0 Å². The summed E-state index contributed by atoms with van der Waals surface area (Å²) in [4.78, 5) is 2.37. The van der Waals surface area contributed by atoms with Crippen molar-refractivity contribution in [2.75, 3.05) is 19.7 Å². The quantitative estimate of drug-likeness (QED) is 0.789. The maximum absolute atomic E-state index is 9.30. The summed E-state index contributed by atoms with van der Waals surface area (Å²) in [5.74, 6) is 0.618. The highest BCUT2D eigenvalue weighted by molar-refractivity contribution is 4.84. The van der Waals surface area contributed by atoms with Gasteiger partial charge in [-0.15, -0.1) is 0 Å². The van der Waals surface area contributed by atoms with E-state index in [9.17, 15) is 5.11 Å². The molecule has 2 unspecified atom stereocenters. The lowest BCUT2D eigenvalue weighted by atomic mass is 10.0. The molecule has 84 valence electrons. The molecule has 0 radical (unpaired) electrons. The van der Waals surface area contributed by atoms with Crippen molar-refractivity contribution in [3.8, 4) is 0 Å². The van der Waals surface area contributed by atoms with Crippen LogP contribution >= 0.6 is 0 Å². The first kappa shape index (κ1) is 10.6. The molecule has 15 heavy (non-hydrogen) atoms. The standard InChI is InChI=1S/C11H19N3O/c1-10-3-6-13(11(10)9-15)7-8-14-5-2-4-12-14/h2,4-5,10-11,15H,3,6-9H2,1H3. The number of hydrogen-bond acceptors (Lipinski definition) is 3. The van der Waals surface area contributed by atoms with Gasteiger partial charge in [0.05, 0.1) is 13.2 Å². The van der Waals surface area contributed by atoms with Gasteiger partial charge in [0.1, 0.15) is 0 Å². The molecule has 1 aliphatic rings. The fourth-order valence-corrected chi connectivity index (χ4v) is 2.32. The number of rotatable bonds is 4. The van der Waals surface area contributed by atoms with E-state index in [4.69, 9.17) is 0 Å². The molecule has 1 aromatic rings. The van der Waals surface area contributed by atoms with Gasteiger partial charge < -0.3 is 5.11 Å². The van der Waals surface area contributed by atoms with Gasteiger partial charge in [-0.25, -0.2) is 0 Å². The van der Waals surface area contributed by atoms with Crippen molar-refractivity contribution in [3.63, 3.8) is 0 Å². The Labute approximate surface area is 90.5 Å². The molecule has 1 aromatic heterocycles. The zero-order valence-corrected chi connectivity index (χ0v) is 9.21. The maximum Gasteiger partial charge on any atom is 0.0589 e. The monoisotopic (exact) mass is 209 g/mol. The van der Waals surface area contributed by atoms with Crippen LogP contribution in [-0.2, 0) is 6.54 Å². The van der Waals surface area contributed by atoms with E-state index in [0.29, 0.717) is 12.0 Å². The van der Waals surface area contributed by atoms with E-state index in [-0.39, 0.29) is 6.61 Å². The van der Waals surface area contributed by atoms with Gasteiger partial charge in [0.2, 0.25) is 0 Å². The molecule has 1 saturated heterocycles. The van der Waals surface area contributed by atoms with E-state index in [0.717, 1.165) is 19.6 Å². The van der Waals surface area contributed by atoms with Gasteiger partial charge in [-0.2, -0.15) is 5.10 Å². The second-order valence-electron chi connectivity index (χ2n) is 4.32. The van der Waals surface area contributed by atoms with Crippen LogP contribution in [0.3, 0.4) is 0 Å². The first-order valence-electron chi connectivity index (χ1n) is 5.63. The predicted molar refractivity (Wildman–Crippen MR) is 58.5 cm³/mol. The third-order valence-electron chi connectivity index (χ3n) is 3.36. The van der Waals surface area contributed by atoms with E-state index >= 15 is 0 Å². The van der Waals surface area contributed by atoms with Crippen LogP contribution in [0.15, 0.2) is 18.5 Å². The minimum Gasteiger partial charge on any atom is -0.395 e. The van der Waals surface area contributed by atoms with Gasteiger partial charge in [-0.3, -0.25) is 9.58 Å². The van der Waals surface area contributed by atoms with Crippen LogP contribution in [0.5, 0.6) is 0 Å². The highest BCUT2D eigenvalue weighted by atomic mass is 16.3. The van der Waals surface area contributed by atoms with Crippen molar-refractivity contribution < 1.29 is 5.11 Å². The molecule has 0 aromatic carbocycles. The summed E-state index contributed by atoms with van der Waals surface area (Å²) in [6.07, 6.45) is 4.98. The Kier molecular flexibility index (Phi) is 3.38.